The average Bonchev–Trinajstić information content (AvgIpc) is 3.27. The van der Waals surface area contributed by atoms with Gasteiger partial charge in [0.15, 0.2) is 6.61 Å². The lowest BCUT2D eigenvalue weighted by Gasteiger charge is -2.21. The number of carbonyl (C=O) groups excluding carboxylic acids is 1. The molecule has 120 valence electrons. The highest BCUT2D eigenvalue weighted by Crippen LogP contribution is 2.29. The molecule has 1 atom stereocenters. The van der Waals surface area contributed by atoms with Gasteiger partial charge in [0.25, 0.3) is 11.1 Å². The van der Waals surface area contributed by atoms with Crippen LogP contribution in [0.25, 0.3) is 10.2 Å². The van der Waals surface area contributed by atoms with Crippen molar-refractivity contribution in [2.24, 2.45) is 5.10 Å². The van der Waals surface area contributed by atoms with E-state index >= 15 is 0 Å². The number of ether oxygens (including phenoxy) is 1. The normalized spacial score (nSPS) is 16.7. The molecular weight excluding hydrogens is 322 g/mol. The molecule has 2 heterocycles. The van der Waals surface area contributed by atoms with E-state index in [1.54, 1.807) is 6.21 Å². The third-order valence-corrected chi connectivity index (χ3v) is 4.81. The number of carbonyl (C=O) groups is 1. The van der Waals surface area contributed by atoms with Crippen molar-refractivity contribution in [2.45, 2.75) is 12.5 Å². The molecule has 0 unspecified atom stereocenters. The van der Waals surface area contributed by atoms with E-state index in [9.17, 15) is 4.79 Å². The van der Waals surface area contributed by atoms with Gasteiger partial charge in [-0.25, -0.2) is 9.99 Å². The summed E-state index contributed by atoms with van der Waals surface area (Å²) in [4.78, 5) is 16.9. The first-order valence-electron chi connectivity index (χ1n) is 7.69. The first-order valence-corrected chi connectivity index (χ1v) is 8.51. The second kappa shape index (κ2) is 6.41. The molecule has 0 bridgehead atoms. The average molecular weight is 337 g/mol. The molecule has 1 aliphatic heterocycles. The Morgan fingerprint density at radius 3 is 2.79 bits per heavy atom. The van der Waals surface area contributed by atoms with Gasteiger partial charge in [-0.2, -0.15) is 5.10 Å². The number of amides is 1. The molecule has 24 heavy (non-hydrogen) atoms. The number of fused-ring (bicyclic) bond motifs is 1. The van der Waals surface area contributed by atoms with Gasteiger partial charge in [0, 0.05) is 12.6 Å². The van der Waals surface area contributed by atoms with Crippen molar-refractivity contribution < 1.29 is 9.53 Å². The van der Waals surface area contributed by atoms with Crippen molar-refractivity contribution in [3.8, 4) is 5.19 Å². The van der Waals surface area contributed by atoms with Crippen molar-refractivity contribution >= 4 is 33.7 Å². The molecule has 4 rings (SSSR count). The van der Waals surface area contributed by atoms with Crippen molar-refractivity contribution in [3.05, 3.63) is 60.2 Å². The number of hydrazone groups is 1. The number of para-hydroxylation sites is 1. The zero-order valence-electron chi connectivity index (χ0n) is 12.8. The van der Waals surface area contributed by atoms with Gasteiger partial charge in [-0.1, -0.05) is 53.8 Å². The summed E-state index contributed by atoms with van der Waals surface area (Å²) in [7, 11) is 0. The Bertz CT molecular complexity index is 858. The molecule has 1 aromatic heterocycles. The summed E-state index contributed by atoms with van der Waals surface area (Å²) in [6, 6.07) is 17.7. The summed E-state index contributed by atoms with van der Waals surface area (Å²) in [6.45, 7) is -0.0690. The smallest absolute Gasteiger partial charge is 0.281 e. The van der Waals surface area contributed by atoms with E-state index in [-0.39, 0.29) is 18.6 Å². The Morgan fingerprint density at radius 1 is 1.17 bits per heavy atom. The molecule has 0 saturated heterocycles. The third-order valence-electron chi connectivity index (χ3n) is 3.86. The van der Waals surface area contributed by atoms with Crippen molar-refractivity contribution in [1.29, 1.82) is 0 Å². The maximum atomic E-state index is 12.5. The fourth-order valence-electron chi connectivity index (χ4n) is 2.71. The molecule has 5 nitrogen and oxygen atoms in total. The number of rotatable bonds is 4. The van der Waals surface area contributed by atoms with Gasteiger partial charge in [-0.3, -0.25) is 4.79 Å². The molecule has 2 aromatic carbocycles. The lowest BCUT2D eigenvalue weighted by molar-refractivity contribution is -0.135. The van der Waals surface area contributed by atoms with Gasteiger partial charge in [0.05, 0.1) is 16.3 Å². The van der Waals surface area contributed by atoms with E-state index in [0.717, 1.165) is 22.2 Å². The Kier molecular flexibility index (Phi) is 3.96. The van der Waals surface area contributed by atoms with Gasteiger partial charge in [-0.15, -0.1) is 0 Å². The summed E-state index contributed by atoms with van der Waals surface area (Å²) in [6.07, 6.45) is 2.49. The van der Waals surface area contributed by atoms with Crippen LogP contribution in [-0.4, -0.2) is 28.7 Å². The minimum Gasteiger partial charge on any atom is -0.460 e. The monoisotopic (exact) mass is 337 g/mol. The Morgan fingerprint density at radius 2 is 1.96 bits per heavy atom. The van der Waals surface area contributed by atoms with Crippen LogP contribution in [0.3, 0.4) is 0 Å². The summed E-state index contributed by atoms with van der Waals surface area (Å²) in [5, 5.41) is 6.22. The highest BCUT2D eigenvalue weighted by atomic mass is 32.1. The molecule has 3 aromatic rings. The van der Waals surface area contributed by atoms with E-state index in [1.165, 1.54) is 16.3 Å². The van der Waals surface area contributed by atoms with Crippen LogP contribution in [0.5, 0.6) is 5.19 Å². The molecular formula is C18H15N3O2S. The van der Waals surface area contributed by atoms with Gasteiger partial charge in [0.1, 0.15) is 0 Å². The van der Waals surface area contributed by atoms with Crippen LogP contribution in [0.15, 0.2) is 59.7 Å². The first kappa shape index (κ1) is 14.8. The van der Waals surface area contributed by atoms with E-state index in [0.29, 0.717) is 5.19 Å². The number of thiazole rings is 1. The van der Waals surface area contributed by atoms with E-state index in [2.05, 4.69) is 10.1 Å². The molecule has 1 amide bonds. The maximum Gasteiger partial charge on any atom is 0.281 e. The molecule has 0 fully saturated rings. The van der Waals surface area contributed by atoms with Gasteiger partial charge in [0.2, 0.25) is 0 Å². The number of aromatic nitrogens is 1. The zero-order chi connectivity index (χ0) is 16.4. The fourth-order valence-corrected chi connectivity index (χ4v) is 3.52. The molecule has 1 aliphatic rings. The maximum absolute atomic E-state index is 12.5. The van der Waals surface area contributed by atoms with Crippen LogP contribution in [0.2, 0.25) is 0 Å². The largest absolute Gasteiger partial charge is 0.460 e. The number of nitrogens with zero attached hydrogens (tertiary/aromatic N) is 3. The fraction of sp³-hybridized carbons (Fsp3) is 0.167. The molecule has 0 aliphatic carbocycles. The minimum absolute atomic E-state index is 0.0577. The molecule has 6 heteroatoms. The van der Waals surface area contributed by atoms with Crippen LogP contribution in [0.4, 0.5) is 0 Å². The first-order chi connectivity index (χ1) is 11.8. The second-order valence-corrected chi connectivity index (χ2v) is 6.43. The molecule has 0 saturated carbocycles. The molecule has 0 spiro atoms. The van der Waals surface area contributed by atoms with Gasteiger partial charge >= 0.3 is 0 Å². The van der Waals surface area contributed by atoms with Crippen LogP contribution >= 0.6 is 11.3 Å². The lowest BCUT2D eigenvalue weighted by Crippen LogP contribution is -2.31. The standard InChI is InChI=1S/C18H15N3O2S/c22-17(12-23-18-20-14-8-4-5-9-16(14)24-18)21-15(10-11-19-21)13-6-2-1-3-7-13/h1-9,11,15H,10,12H2/t15-/m0/s1. The number of hydrogen-bond acceptors (Lipinski definition) is 5. The van der Waals surface area contributed by atoms with Crippen LogP contribution in [-0.2, 0) is 4.79 Å². The Labute approximate surface area is 143 Å². The van der Waals surface area contributed by atoms with Crippen LogP contribution in [0, 0.1) is 0 Å². The Hall–Kier alpha value is -2.73. The topological polar surface area (TPSA) is 54.8 Å². The SMILES string of the molecule is O=C(COc1nc2ccccc2s1)N1N=CC[C@H]1c1ccccc1. The quantitative estimate of drug-likeness (QED) is 0.730. The predicted molar refractivity (Wildman–Crippen MR) is 94.3 cm³/mol. The minimum atomic E-state index is -0.170. The highest BCUT2D eigenvalue weighted by molar-refractivity contribution is 7.20. The predicted octanol–water partition coefficient (Wildman–Crippen LogP) is 3.63. The highest BCUT2D eigenvalue weighted by Gasteiger charge is 2.28. The summed E-state index contributed by atoms with van der Waals surface area (Å²) in [5.74, 6) is -0.170. The van der Waals surface area contributed by atoms with E-state index in [4.69, 9.17) is 4.74 Å². The van der Waals surface area contributed by atoms with Gasteiger partial charge in [-0.05, 0) is 17.7 Å². The lowest BCUT2D eigenvalue weighted by atomic mass is 10.0. The second-order valence-electron chi connectivity index (χ2n) is 5.43. The van der Waals surface area contributed by atoms with Crippen LogP contribution < -0.4 is 4.74 Å². The third kappa shape index (κ3) is 2.88. The van der Waals surface area contributed by atoms with Crippen LogP contribution in [0.1, 0.15) is 18.0 Å². The van der Waals surface area contributed by atoms with Crippen molar-refractivity contribution in [3.63, 3.8) is 0 Å². The van der Waals surface area contributed by atoms with Crippen molar-refractivity contribution in [1.82, 2.24) is 9.99 Å². The van der Waals surface area contributed by atoms with Crippen molar-refractivity contribution in [2.75, 3.05) is 6.61 Å². The summed E-state index contributed by atoms with van der Waals surface area (Å²) >= 11 is 1.44. The summed E-state index contributed by atoms with van der Waals surface area (Å²) in [5.41, 5.74) is 1.95. The van der Waals surface area contributed by atoms with E-state index < -0.39 is 0 Å². The van der Waals surface area contributed by atoms with Gasteiger partial charge < -0.3 is 4.74 Å². The number of benzene rings is 2. The zero-order valence-corrected chi connectivity index (χ0v) is 13.6. The number of hydrogen-bond donors (Lipinski definition) is 0. The summed E-state index contributed by atoms with van der Waals surface area (Å²) < 4.78 is 6.63. The molecule has 0 radical (unpaired) electrons. The van der Waals surface area contributed by atoms with E-state index in [1.807, 2.05) is 54.6 Å². The Balaban J connectivity index is 1.44. The molecule has 0 N–H and O–H groups in total.